The number of amides is 1. The van der Waals surface area contributed by atoms with Crippen LogP contribution in [0.5, 0.6) is 5.75 Å². The van der Waals surface area contributed by atoms with E-state index >= 15 is 0 Å². The van der Waals surface area contributed by atoms with Crippen LogP contribution in [0, 0.1) is 0 Å². The van der Waals surface area contributed by atoms with E-state index in [2.05, 4.69) is 50.6 Å². The number of rotatable bonds is 20. The van der Waals surface area contributed by atoms with Crippen LogP contribution >= 0.6 is 11.6 Å². The minimum atomic E-state index is -1.69. The highest BCUT2D eigenvalue weighted by Crippen LogP contribution is 2.19. The second-order valence-corrected chi connectivity index (χ2v) is 13.0. The van der Waals surface area contributed by atoms with Crippen LogP contribution in [0.15, 0.2) is 71.7 Å². The van der Waals surface area contributed by atoms with Gasteiger partial charge in [0.2, 0.25) is 0 Å². The number of nitrogens with zero attached hydrogens (tertiary/aromatic N) is 4. The molecule has 1 amide bonds. The summed E-state index contributed by atoms with van der Waals surface area (Å²) in [5.41, 5.74) is 19.2. The zero-order valence-corrected chi connectivity index (χ0v) is 30.1. The van der Waals surface area contributed by atoms with Crippen molar-refractivity contribution >= 4 is 45.9 Å². The maximum atomic E-state index is 12.4. The molecule has 4 rings (SSSR count). The number of fused-ring (bicyclic) bond motifs is 1. The number of benzene rings is 3. The van der Waals surface area contributed by atoms with Crippen molar-refractivity contribution in [1.29, 1.82) is 0 Å². The first-order valence-electron chi connectivity index (χ1n) is 17.4. The van der Waals surface area contributed by atoms with Gasteiger partial charge in [0.15, 0.2) is 28.4 Å². The molecule has 3 aromatic carbocycles. The first-order chi connectivity index (χ1) is 25.4. The molecule has 12 N–H and O–H groups in total. The van der Waals surface area contributed by atoms with Crippen molar-refractivity contribution in [3.63, 3.8) is 0 Å². The van der Waals surface area contributed by atoms with E-state index in [1.54, 1.807) is 0 Å². The molecule has 4 atom stereocenters. The summed E-state index contributed by atoms with van der Waals surface area (Å²) in [7, 11) is 0. The molecule has 1 aromatic heterocycles. The average Bonchev–Trinajstić information content (AvgIpc) is 3.15. The molecule has 15 nitrogen and oxygen atoms in total. The fourth-order valence-electron chi connectivity index (χ4n) is 5.64. The van der Waals surface area contributed by atoms with Gasteiger partial charge in [0.1, 0.15) is 30.7 Å². The van der Waals surface area contributed by atoms with Gasteiger partial charge in [-0.3, -0.25) is 20.0 Å². The predicted molar refractivity (Wildman–Crippen MR) is 205 cm³/mol. The summed E-state index contributed by atoms with van der Waals surface area (Å²) in [6.45, 7) is 0.997. The minimum Gasteiger partial charge on any atom is -0.492 e. The van der Waals surface area contributed by atoms with Gasteiger partial charge in [0.05, 0.1) is 12.7 Å². The van der Waals surface area contributed by atoms with Crippen molar-refractivity contribution in [2.45, 2.75) is 56.5 Å². The summed E-state index contributed by atoms with van der Waals surface area (Å²) in [6, 6.07) is 22.3. The van der Waals surface area contributed by atoms with E-state index in [-0.39, 0.29) is 35.0 Å². The van der Waals surface area contributed by atoms with Crippen molar-refractivity contribution in [3.05, 3.63) is 88.7 Å². The van der Waals surface area contributed by atoms with Crippen LogP contribution in [0.25, 0.3) is 10.8 Å². The zero-order valence-electron chi connectivity index (χ0n) is 29.4. The van der Waals surface area contributed by atoms with E-state index < -0.39 is 36.9 Å². The smallest absolute Gasteiger partial charge is 0.280 e. The number of aromatic nitrogens is 2. The van der Waals surface area contributed by atoms with Gasteiger partial charge in [-0.15, -0.1) is 0 Å². The Morgan fingerprint density at radius 1 is 0.849 bits per heavy atom. The lowest BCUT2D eigenvalue weighted by atomic mass is 10.0. The third-order valence-corrected chi connectivity index (χ3v) is 8.92. The first-order valence-corrected chi connectivity index (χ1v) is 17.8. The van der Waals surface area contributed by atoms with Crippen molar-refractivity contribution in [2.24, 2.45) is 10.7 Å². The van der Waals surface area contributed by atoms with Crippen molar-refractivity contribution in [3.8, 4) is 5.75 Å². The third-order valence-electron chi connectivity index (χ3n) is 8.64. The van der Waals surface area contributed by atoms with E-state index in [0.717, 1.165) is 37.7 Å². The fraction of sp³-hybridized carbons (Fsp3) is 0.405. The number of aryl methyl sites for hydroxylation is 2. The van der Waals surface area contributed by atoms with Gasteiger partial charge in [-0.05, 0) is 72.7 Å². The summed E-state index contributed by atoms with van der Waals surface area (Å²) in [6.07, 6.45) is -2.37. The zero-order chi connectivity index (χ0) is 38.3. The summed E-state index contributed by atoms with van der Waals surface area (Å²) in [4.78, 5) is 26.1. The molecule has 0 aliphatic carbocycles. The SMILES string of the molecule is NC(=NCCCCc1ccc(OCCN(CCCc2ccc3ccccc3c2)C[C@H](O)[C@@H](O)[C@H](O)[C@H](O)CO)cc1)NC(=O)c1nc(Cl)c(N)nc1N. The Morgan fingerprint density at radius 3 is 2.26 bits per heavy atom. The van der Waals surface area contributed by atoms with Gasteiger partial charge in [-0.25, -0.2) is 9.97 Å². The number of anilines is 2. The highest BCUT2D eigenvalue weighted by molar-refractivity contribution is 6.31. The van der Waals surface area contributed by atoms with Crippen molar-refractivity contribution in [2.75, 3.05) is 50.9 Å². The number of hydrogen-bond donors (Lipinski definition) is 9. The molecule has 0 saturated carbocycles. The summed E-state index contributed by atoms with van der Waals surface area (Å²) < 4.78 is 6.00. The van der Waals surface area contributed by atoms with Gasteiger partial charge >= 0.3 is 0 Å². The summed E-state index contributed by atoms with van der Waals surface area (Å²) in [5, 5.41) is 54.7. The maximum Gasteiger partial charge on any atom is 0.280 e. The Hall–Kier alpha value is -4.61. The summed E-state index contributed by atoms with van der Waals surface area (Å²) in [5.74, 6) is -0.370. The number of aliphatic hydroxyl groups excluding tert-OH is 5. The van der Waals surface area contributed by atoms with Crippen molar-refractivity contribution < 1.29 is 35.1 Å². The molecule has 0 radical (unpaired) electrons. The second kappa shape index (κ2) is 20.6. The average molecular weight is 753 g/mol. The highest BCUT2D eigenvalue weighted by Gasteiger charge is 2.31. The molecule has 16 heteroatoms. The van der Waals surface area contributed by atoms with Gasteiger partial charge < -0.3 is 47.5 Å². The van der Waals surface area contributed by atoms with Gasteiger partial charge in [0, 0.05) is 19.6 Å². The van der Waals surface area contributed by atoms with Crippen LogP contribution in [0.1, 0.15) is 40.9 Å². The van der Waals surface area contributed by atoms with E-state index in [0.29, 0.717) is 32.0 Å². The maximum absolute atomic E-state index is 12.4. The van der Waals surface area contributed by atoms with Gasteiger partial charge in [-0.1, -0.05) is 66.2 Å². The largest absolute Gasteiger partial charge is 0.492 e. The highest BCUT2D eigenvalue weighted by atomic mass is 35.5. The lowest BCUT2D eigenvalue weighted by Gasteiger charge is -2.30. The Bertz CT molecular complexity index is 1800. The number of aliphatic imine (C=N–C) groups is 1. The molecule has 53 heavy (non-hydrogen) atoms. The molecule has 286 valence electrons. The molecule has 0 aliphatic heterocycles. The second-order valence-electron chi connectivity index (χ2n) is 12.7. The Morgan fingerprint density at radius 2 is 1.53 bits per heavy atom. The van der Waals surface area contributed by atoms with Crippen molar-refractivity contribution in [1.82, 2.24) is 20.2 Å². The number of carbonyl (C=O) groups excluding carboxylic acids is 1. The first kappa shape index (κ1) is 41.2. The van der Waals surface area contributed by atoms with Crippen LogP contribution in [0.4, 0.5) is 11.6 Å². The Labute approximate surface area is 313 Å². The molecule has 0 unspecified atom stereocenters. The van der Waals surface area contributed by atoms with E-state index in [1.165, 1.54) is 16.3 Å². The number of nitrogens with one attached hydrogen (secondary N) is 1. The number of nitrogen functional groups attached to an aromatic ring is 2. The molecule has 0 fully saturated rings. The number of nitrogens with two attached hydrogens (primary N) is 3. The number of ether oxygens (including phenoxy) is 1. The molecular formula is C37H49ClN8O7. The lowest BCUT2D eigenvalue weighted by molar-refractivity contribution is -0.119. The van der Waals surface area contributed by atoms with E-state index in [9.17, 15) is 25.2 Å². The number of unbranched alkanes of at least 4 members (excludes halogenated alkanes) is 1. The van der Waals surface area contributed by atoms with Crippen LogP contribution in [-0.2, 0) is 12.8 Å². The number of halogens is 1. The number of hydrogen-bond acceptors (Lipinski definition) is 13. The van der Waals surface area contributed by atoms with Crippen LogP contribution in [0.2, 0.25) is 5.15 Å². The number of aliphatic hydroxyl groups is 5. The Balaban J connectivity index is 1.22. The van der Waals surface area contributed by atoms with Crippen LogP contribution < -0.4 is 27.3 Å². The molecule has 0 aliphatic rings. The lowest BCUT2D eigenvalue weighted by Crippen LogP contribution is -2.50. The molecule has 0 saturated heterocycles. The quantitative estimate of drug-likeness (QED) is 0.0351. The van der Waals surface area contributed by atoms with Crippen LogP contribution in [0.3, 0.4) is 0 Å². The topological polar surface area (TPSA) is 259 Å². The Kier molecular flexibility index (Phi) is 16.0. The van der Waals surface area contributed by atoms with Gasteiger partial charge in [0.25, 0.3) is 5.91 Å². The predicted octanol–water partition coefficient (Wildman–Crippen LogP) is 1.26. The molecule has 0 bridgehead atoms. The van der Waals surface area contributed by atoms with E-state index in [4.69, 9.17) is 38.6 Å². The molecular weight excluding hydrogens is 704 g/mol. The monoisotopic (exact) mass is 752 g/mol. The van der Waals surface area contributed by atoms with E-state index in [1.807, 2.05) is 41.3 Å². The number of carbonyl (C=O) groups is 1. The fourth-order valence-corrected chi connectivity index (χ4v) is 5.77. The molecule has 0 spiro atoms. The normalized spacial score (nSPS) is 14.2. The summed E-state index contributed by atoms with van der Waals surface area (Å²) >= 11 is 5.83. The van der Waals surface area contributed by atoms with Gasteiger partial charge in [-0.2, -0.15) is 0 Å². The minimum absolute atomic E-state index is 0.0270. The molecule has 4 aromatic rings. The standard InChI is InChI=1S/C37H49ClN8O7/c38-33-35(40)44-34(39)30(43-33)36(52)45-37(41)42-16-4-3-6-23-11-14-27(15-12-23)53-19-18-46(21-28(48)31(50)32(51)29(49)22-47)17-5-7-24-10-13-25-8-1-2-9-26(25)20-24/h1-2,8-15,20,28-29,31-32,47-51H,3-7,16-19,21-22H2,(H4,39,40,44)(H3,41,42,45,52)/t28-,29+,31+,32+/m0/s1. The van der Waals surface area contributed by atoms with Crippen LogP contribution in [-0.4, -0.2) is 116 Å². The number of guanidine groups is 1. The third kappa shape index (κ3) is 12.8. The molecule has 1 heterocycles.